The summed E-state index contributed by atoms with van der Waals surface area (Å²) in [6, 6.07) is 0. The lowest BCUT2D eigenvalue weighted by Gasteiger charge is -1.99. The predicted molar refractivity (Wildman–Crippen MR) is 51.8 cm³/mol. The number of carbonyl (C=O) groups is 1. The third-order valence-corrected chi connectivity index (χ3v) is 2.46. The third-order valence-electron chi connectivity index (χ3n) is 2.46. The molecule has 2 rings (SSSR count). The number of fused-ring (bicyclic) bond motifs is 1. The fourth-order valence-corrected chi connectivity index (χ4v) is 1.91. The van der Waals surface area contributed by atoms with Crippen LogP contribution in [-0.2, 0) is 12.8 Å². The topological polar surface area (TPSA) is 67.2 Å². The van der Waals surface area contributed by atoms with Gasteiger partial charge in [-0.1, -0.05) is 0 Å². The molecule has 0 aliphatic heterocycles. The molecule has 0 unspecified atom stereocenters. The highest BCUT2D eigenvalue weighted by Gasteiger charge is 2.24. The van der Waals surface area contributed by atoms with E-state index in [4.69, 9.17) is 5.11 Å². The molecule has 0 amide bonds. The molecular formula is C9H13N3O2. The maximum Gasteiger partial charge on any atom is 0.432 e. The standard InChI is InChI=1S/C9H13N3O2/c1-2-10-8-6-4-3-5-7(6)12(11-8)9(13)14/h2-5H2,1H3,(H,10,11)(H,13,14). The van der Waals surface area contributed by atoms with Crippen LogP contribution in [0.25, 0.3) is 0 Å². The second-order valence-corrected chi connectivity index (χ2v) is 3.35. The SMILES string of the molecule is CCNc1nn(C(=O)O)c2c1CCC2. The number of hydrogen-bond acceptors (Lipinski definition) is 3. The van der Waals surface area contributed by atoms with Crippen LogP contribution in [-0.4, -0.2) is 27.5 Å². The van der Waals surface area contributed by atoms with Crippen molar-refractivity contribution in [2.45, 2.75) is 26.2 Å². The van der Waals surface area contributed by atoms with E-state index >= 15 is 0 Å². The summed E-state index contributed by atoms with van der Waals surface area (Å²) in [5.74, 6) is 0.738. The van der Waals surface area contributed by atoms with Gasteiger partial charge in [-0.15, -0.1) is 5.10 Å². The van der Waals surface area contributed by atoms with Gasteiger partial charge in [-0.25, -0.2) is 4.79 Å². The molecule has 0 fully saturated rings. The summed E-state index contributed by atoms with van der Waals surface area (Å²) < 4.78 is 1.10. The normalized spacial score (nSPS) is 14.1. The summed E-state index contributed by atoms with van der Waals surface area (Å²) in [7, 11) is 0. The molecule has 0 saturated heterocycles. The molecule has 14 heavy (non-hydrogen) atoms. The van der Waals surface area contributed by atoms with Crippen LogP contribution in [0.3, 0.4) is 0 Å². The lowest BCUT2D eigenvalue weighted by atomic mass is 10.2. The molecule has 5 heteroatoms. The van der Waals surface area contributed by atoms with E-state index in [9.17, 15) is 4.79 Å². The van der Waals surface area contributed by atoms with Crippen molar-refractivity contribution in [3.63, 3.8) is 0 Å². The molecule has 0 spiro atoms. The molecular weight excluding hydrogens is 182 g/mol. The summed E-state index contributed by atoms with van der Waals surface area (Å²) in [6.45, 7) is 2.74. The maximum absolute atomic E-state index is 10.9. The summed E-state index contributed by atoms with van der Waals surface area (Å²) >= 11 is 0. The minimum absolute atomic E-state index is 0.738. The Morgan fingerprint density at radius 3 is 3.07 bits per heavy atom. The third kappa shape index (κ3) is 1.25. The lowest BCUT2D eigenvalue weighted by molar-refractivity contribution is 0.192. The molecule has 1 aromatic heterocycles. The lowest BCUT2D eigenvalue weighted by Crippen LogP contribution is -2.13. The monoisotopic (exact) mass is 195 g/mol. The van der Waals surface area contributed by atoms with Crippen molar-refractivity contribution in [3.8, 4) is 0 Å². The Kier molecular flexibility index (Phi) is 2.15. The Balaban J connectivity index is 2.44. The van der Waals surface area contributed by atoms with E-state index in [-0.39, 0.29) is 0 Å². The van der Waals surface area contributed by atoms with Gasteiger partial charge in [0.25, 0.3) is 0 Å². The van der Waals surface area contributed by atoms with Crippen molar-refractivity contribution in [1.82, 2.24) is 9.78 Å². The number of anilines is 1. The molecule has 1 aliphatic rings. The summed E-state index contributed by atoms with van der Waals surface area (Å²) in [6.07, 6.45) is 1.79. The van der Waals surface area contributed by atoms with Crippen molar-refractivity contribution in [3.05, 3.63) is 11.3 Å². The quantitative estimate of drug-likeness (QED) is 0.747. The molecule has 0 radical (unpaired) electrons. The van der Waals surface area contributed by atoms with Crippen LogP contribution in [0.5, 0.6) is 0 Å². The Bertz CT molecular complexity index is 370. The Hall–Kier alpha value is -1.52. The summed E-state index contributed by atoms with van der Waals surface area (Å²) in [5.41, 5.74) is 1.93. The fourth-order valence-electron chi connectivity index (χ4n) is 1.91. The van der Waals surface area contributed by atoms with E-state index in [0.29, 0.717) is 0 Å². The van der Waals surface area contributed by atoms with Crippen molar-refractivity contribution >= 4 is 11.9 Å². The van der Waals surface area contributed by atoms with Crippen LogP contribution in [0, 0.1) is 0 Å². The first kappa shape index (κ1) is 9.05. The van der Waals surface area contributed by atoms with E-state index in [2.05, 4.69) is 10.4 Å². The van der Waals surface area contributed by atoms with Crippen LogP contribution < -0.4 is 5.32 Å². The van der Waals surface area contributed by atoms with Crippen LogP contribution >= 0.6 is 0 Å². The van der Waals surface area contributed by atoms with E-state index < -0.39 is 6.09 Å². The molecule has 1 aromatic rings. The highest BCUT2D eigenvalue weighted by molar-refractivity contribution is 5.70. The van der Waals surface area contributed by atoms with Gasteiger partial charge < -0.3 is 10.4 Å². The zero-order chi connectivity index (χ0) is 10.1. The van der Waals surface area contributed by atoms with Crippen molar-refractivity contribution < 1.29 is 9.90 Å². The van der Waals surface area contributed by atoms with E-state index in [1.54, 1.807) is 0 Å². The van der Waals surface area contributed by atoms with Crippen LogP contribution in [0.1, 0.15) is 24.6 Å². The first-order valence-electron chi connectivity index (χ1n) is 4.82. The van der Waals surface area contributed by atoms with Gasteiger partial charge in [0.15, 0.2) is 5.82 Å². The highest BCUT2D eigenvalue weighted by atomic mass is 16.4. The molecule has 0 aromatic carbocycles. The van der Waals surface area contributed by atoms with Gasteiger partial charge in [0.1, 0.15) is 0 Å². The zero-order valence-electron chi connectivity index (χ0n) is 8.08. The van der Waals surface area contributed by atoms with Crippen LogP contribution in [0.4, 0.5) is 10.6 Å². The summed E-state index contributed by atoms with van der Waals surface area (Å²) in [5, 5.41) is 16.0. The van der Waals surface area contributed by atoms with Gasteiger partial charge in [0.05, 0.1) is 5.69 Å². The first-order chi connectivity index (χ1) is 6.74. The summed E-state index contributed by atoms with van der Waals surface area (Å²) in [4.78, 5) is 10.9. The van der Waals surface area contributed by atoms with Gasteiger partial charge in [-0.05, 0) is 26.2 Å². The largest absolute Gasteiger partial charge is 0.463 e. The number of nitrogens with one attached hydrogen (secondary N) is 1. The average molecular weight is 195 g/mol. The smallest absolute Gasteiger partial charge is 0.432 e. The van der Waals surface area contributed by atoms with E-state index in [1.165, 1.54) is 0 Å². The first-order valence-corrected chi connectivity index (χ1v) is 4.82. The second-order valence-electron chi connectivity index (χ2n) is 3.35. The van der Waals surface area contributed by atoms with Crippen molar-refractivity contribution in [1.29, 1.82) is 0 Å². The van der Waals surface area contributed by atoms with Crippen molar-refractivity contribution in [2.75, 3.05) is 11.9 Å². The molecule has 2 N–H and O–H groups in total. The average Bonchev–Trinajstić information content (AvgIpc) is 2.67. The maximum atomic E-state index is 10.9. The van der Waals surface area contributed by atoms with Gasteiger partial charge in [0, 0.05) is 12.1 Å². The van der Waals surface area contributed by atoms with E-state index in [0.717, 1.165) is 47.6 Å². The Morgan fingerprint density at radius 2 is 2.43 bits per heavy atom. The van der Waals surface area contributed by atoms with Gasteiger partial charge in [-0.3, -0.25) is 0 Å². The molecule has 5 nitrogen and oxygen atoms in total. The number of hydrogen-bond donors (Lipinski definition) is 2. The minimum Gasteiger partial charge on any atom is -0.463 e. The van der Waals surface area contributed by atoms with Gasteiger partial charge in [-0.2, -0.15) is 4.68 Å². The van der Waals surface area contributed by atoms with Gasteiger partial charge in [0.2, 0.25) is 0 Å². The molecule has 0 saturated carbocycles. The van der Waals surface area contributed by atoms with Crippen LogP contribution in [0.2, 0.25) is 0 Å². The predicted octanol–water partition coefficient (Wildman–Crippen LogP) is 1.33. The number of carboxylic acid groups (broad SMARTS) is 1. The van der Waals surface area contributed by atoms with Crippen LogP contribution in [0.15, 0.2) is 0 Å². The minimum atomic E-state index is -0.993. The molecule has 1 heterocycles. The number of rotatable bonds is 2. The number of aromatic nitrogens is 2. The number of nitrogens with zero attached hydrogens (tertiary/aromatic N) is 2. The Labute approximate surface area is 81.7 Å². The molecule has 0 atom stereocenters. The van der Waals surface area contributed by atoms with Crippen molar-refractivity contribution in [2.24, 2.45) is 0 Å². The Morgan fingerprint density at radius 1 is 1.64 bits per heavy atom. The van der Waals surface area contributed by atoms with E-state index in [1.807, 2.05) is 6.92 Å². The molecule has 76 valence electrons. The zero-order valence-corrected chi connectivity index (χ0v) is 8.08. The van der Waals surface area contributed by atoms with Gasteiger partial charge >= 0.3 is 6.09 Å². The second kappa shape index (κ2) is 3.32. The molecule has 0 bridgehead atoms. The fraction of sp³-hybridized carbons (Fsp3) is 0.556. The highest BCUT2D eigenvalue weighted by Crippen LogP contribution is 2.28. The molecule has 1 aliphatic carbocycles.